The van der Waals surface area contributed by atoms with Crippen molar-refractivity contribution in [2.45, 2.75) is 38.8 Å². The van der Waals surface area contributed by atoms with Gasteiger partial charge in [-0.1, -0.05) is 13.8 Å². The van der Waals surface area contributed by atoms with Crippen LogP contribution in [0.2, 0.25) is 0 Å². The fourth-order valence-electron chi connectivity index (χ4n) is 2.87. The van der Waals surface area contributed by atoms with Crippen molar-refractivity contribution in [1.29, 1.82) is 0 Å². The lowest BCUT2D eigenvalue weighted by Crippen LogP contribution is -2.68. The highest BCUT2D eigenvalue weighted by Crippen LogP contribution is 1.99. The minimum Gasteiger partial charge on any atom is -0.377 e. The summed E-state index contributed by atoms with van der Waals surface area (Å²) in [7, 11) is 0. The lowest BCUT2D eigenvalue weighted by atomic mass is 10.2. The molecule has 0 bridgehead atoms. The zero-order valence-electron chi connectivity index (χ0n) is 18.8. The van der Waals surface area contributed by atoms with Gasteiger partial charge < -0.3 is 40.2 Å². The summed E-state index contributed by atoms with van der Waals surface area (Å²) >= 11 is 0. The van der Waals surface area contributed by atoms with E-state index in [4.69, 9.17) is 18.9 Å². The second kappa shape index (κ2) is 16.4. The summed E-state index contributed by atoms with van der Waals surface area (Å²) in [5.41, 5.74) is 7.84. The van der Waals surface area contributed by atoms with E-state index < -0.39 is 0 Å². The van der Waals surface area contributed by atoms with Crippen LogP contribution in [-0.2, 0) is 28.5 Å². The Kier molecular flexibility index (Phi) is 14.6. The second-order valence-corrected chi connectivity index (χ2v) is 7.31. The van der Waals surface area contributed by atoms with Crippen LogP contribution in [0.15, 0.2) is 0 Å². The summed E-state index contributed by atoms with van der Waals surface area (Å²) in [6.07, 6.45) is 1.40. The van der Waals surface area contributed by atoms with E-state index in [1.807, 2.05) is 13.8 Å². The van der Waals surface area contributed by atoms with E-state index in [1.165, 1.54) is 0 Å². The molecule has 1 aliphatic heterocycles. The Bertz CT molecular complexity index is 420. The summed E-state index contributed by atoms with van der Waals surface area (Å²) < 4.78 is 22.4. The Morgan fingerprint density at radius 2 is 0.900 bits per heavy atom. The van der Waals surface area contributed by atoms with Gasteiger partial charge in [-0.15, -0.1) is 0 Å². The van der Waals surface area contributed by atoms with Gasteiger partial charge >= 0.3 is 0 Å². The molecule has 0 aromatic carbocycles. The molecule has 10 heteroatoms. The Morgan fingerprint density at radius 3 is 1.13 bits per heavy atom. The number of nitrogens with zero attached hydrogens (tertiary/aromatic N) is 2. The molecule has 0 saturated carbocycles. The van der Waals surface area contributed by atoms with Crippen LogP contribution in [0, 0.1) is 0 Å². The van der Waals surface area contributed by atoms with Crippen molar-refractivity contribution in [3.63, 3.8) is 0 Å². The Morgan fingerprint density at radius 1 is 0.633 bits per heavy atom. The number of hydrogen-bond acceptors (Lipinski definition) is 6. The van der Waals surface area contributed by atoms with E-state index in [2.05, 4.69) is 11.5 Å². The molecule has 2 amide bonds. The fraction of sp³-hybridized carbons (Fsp3) is 0.900. The van der Waals surface area contributed by atoms with Gasteiger partial charge in [-0.2, -0.15) is 0 Å². The second-order valence-electron chi connectivity index (χ2n) is 7.31. The predicted octanol–water partition coefficient (Wildman–Crippen LogP) is -2.24. The molecule has 0 aromatic heterocycles. The first-order valence-electron chi connectivity index (χ1n) is 11.1. The van der Waals surface area contributed by atoms with Crippen LogP contribution >= 0.6 is 0 Å². The maximum Gasteiger partial charge on any atom is 0.280 e. The van der Waals surface area contributed by atoms with Gasteiger partial charge in [-0.05, 0) is 0 Å². The lowest BCUT2D eigenvalue weighted by molar-refractivity contribution is -0.406. The van der Waals surface area contributed by atoms with Crippen molar-refractivity contribution in [1.82, 2.24) is 9.80 Å². The van der Waals surface area contributed by atoms with E-state index >= 15 is 0 Å². The zero-order valence-corrected chi connectivity index (χ0v) is 18.8. The maximum absolute atomic E-state index is 12.5. The third kappa shape index (κ3) is 10.6. The lowest BCUT2D eigenvalue weighted by Gasteiger charge is -2.25. The van der Waals surface area contributed by atoms with Gasteiger partial charge in [0.2, 0.25) is 0 Å². The average Bonchev–Trinajstić information content (AvgIpc) is 2.76. The molecule has 0 spiro atoms. The Hall–Kier alpha value is -1.30. The summed E-state index contributed by atoms with van der Waals surface area (Å²) in [6.45, 7) is 9.34. The van der Waals surface area contributed by atoms with Gasteiger partial charge in [0.15, 0.2) is 12.1 Å². The van der Waals surface area contributed by atoms with Crippen LogP contribution in [0.25, 0.3) is 0 Å². The number of carbonyl (C=O) groups excluding carboxylic acids is 2. The summed E-state index contributed by atoms with van der Waals surface area (Å²) in [5.74, 6) is 0.0410. The van der Waals surface area contributed by atoms with Crippen molar-refractivity contribution in [3.05, 3.63) is 0 Å². The third-order valence-corrected chi connectivity index (χ3v) is 5.07. The van der Waals surface area contributed by atoms with Crippen molar-refractivity contribution in [2.24, 2.45) is 0 Å². The number of hydrogen-bond donors (Lipinski definition) is 2. The largest absolute Gasteiger partial charge is 0.377 e. The molecule has 10 nitrogen and oxygen atoms in total. The molecule has 6 N–H and O–H groups in total. The Balaban J connectivity index is 2.53. The fourth-order valence-corrected chi connectivity index (χ4v) is 2.87. The smallest absolute Gasteiger partial charge is 0.280 e. The van der Waals surface area contributed by atoms with E-state index in [0.29, 0.717) is 91.9 Å². The zero-order chi connectivity index (χ0) is 22.2. The molecule has 0 radical (unpaired) electrons. The minimum absolute atomic E-state index is 0.0205. The topological polar surface area (TPSA) is 133 Å². The quantitative estimate of drug-likeness (QED) is 0.514. The van der Waals surface area contributed by atoms with Crippen LogP contribution in [0.4, 0.5) is 0 Å². The summed E-state index contributed by atoms with van der Waals surface area (Å²) in [6, 6.07) is -0.517. The van der Waals surface area contributed by atoms with Crippen molar-refractivity contribution < 1.29 is 40.0 Å². The van der Waals surface area contributed by atoms with E-state index in [0.717, 1.165) is 0 Å². The molecule has 176 valence electrons. The molecule has 0 unspecified atom stereocenters. The highest BCUT2D eigenvalue weighted by atomic mass is 16.5. The first-order valence-corrected chi connectivity index (χ1v) is 11.1. The maximum atomic E-state index is 12.5. The number of rotatable bonds is 4. The molecular weight excluding hydrogens is 392 g/mol. The van der Waals surface area contributed by atoms with Gasteiger partial charge in [0.05, 0.1) is 52.9 Å². The van der Waals surface area contributed by atoms with Crippen LogP contribution in [0.1, 0.15) is 26.7 Å². The van der Waals surface area contributed by atoms with Crippen LogP contribution in [0.5, 0.6) is 0 Å². The average molecular weight is 435 g/mol. The molecule has 1 fully saturated rings. The molecule has 1 heterocycles. The highest BCUT2D eigenvalue weighted by Gasteiger charge is 2.23. The van der Waals surface area contributed by atoms with Crippen LogP contribution < -0.4 is 11.5 Å². The number of carbonyl (C=O) groups is 2. The van der Waals surface area contributed by atoms with E-state index in [9.17, 15) is 9.59 Å². The minimum atomic E-state index is -0.259. The monoisotopic (exact) mass is 434 g/mol. The molecule has 2 atom stereocenters. The van der Waals surface area contributed by atoms with Gasteiger partial charge in [0.25, 0.3) is 11.8 Å². The van der Waals surface area contributed by atoms with Crippen LogP contribution in [0.3, 0.4) is 0 Å². The summed E-state index contributed by atoms with van der Waals surface area (Å²) in [5, 5.41) is 0. The first-order chi connectivity index (χ1) is 14.5. The van der Waals surface area contributed by atoms with Gasteiger partial charge in [-0.25, -0.2) is 0 Å². The van der Waals surface area contributed by atoms with Crippen molar-refractivity contribution >= 4 is 11.8 Å². The number of amides is 2. The van der Waals surface area contributed by atoms with Gasteiger partial charge in [0.1, 0.15) is 0 Å². The first kappa shape index (κ1) is 26.7. The van der Waals surface area contributed by atoms with E-state index in [1.54, 1.807) is 9.80 Å². The molecule has 1 saturated heterocycles. The molecule has 1 rings (SSSR count). The third-order valence-electron chi connectivity index (χ3n) is 5.07. The SMILES string of the molecule is CC[C@@H]([NH3+])C(=O)N1CCOCCOCCN(C(=O)[C@@H]([NH3+])CC)CCOCCOCC1. The van der Waals surface area contributed by atoms with Gasteiger partial charge in [0, 0.05) is 39.0 Å². The molecule has 1 aliphatic rings. The Labute approximate surface area is 180 Å². The summed E-state index contributed by atoms with van der Waals surface area (Å²) in [4.78, 5) is 28.4. The molecule has 30 heavy (non-hydrogen) atoms. The standard InChI is InChI=1S/C20H40N4O6/c1-3-17(21)19(25)23-5-9-27-13-15-29-11-7-24(20(26)18(22)4-2)8-12-30-16-14-28-10-6-23/h17-18H,3-16,21-22H2,1-2H3/p+2/t17-,18+. The normalized spacial score (nSPS) is 21.3. The van der Waals surface area contributed by atoms with Crippen LogP contribution in [-0.4, -0.2) is 113 Å². The predicted molar refractivity (Wildman–Crippen MR) is 110 cm³/mol. The van der Waals surface area contributed by atoms with Gasteiger partial charge in [-0.3, -0.25) is 9.59 Å². The van der Waals surface area contributed by atoms with E-state index in [-0.39, 0.29) is 23.9 Å². The number of ether oxygens (including phenoxy) is 4. The van der Waals surface area contributed by atoms with Crippen molar-refractivity contribution in [3.8, 4) is 0 Å². The molecule has 0 aromatic rings. The molecule has 0 aliphatic carbocycles. The van der Waals surface area contributed by atoms with Crippen molar-refractivity contribution in [2.75, 3.05) is 79.0 Å². The highest BCUT2D eigenvalue weighted by molar-refractivity contribution is 5.80. The number of quaternary nitrogens is 2. The molecular formula is C20H42N4O6+2.